The summed E-state index contributed by atoms with van der Waals surface area (Å²) in [6.07, 6.45) is -4.58. The molecule has 0 fully saturated rings. The number of nitrogens with zero attached hydrogens (tertiary/aromatic N) is 1. The van der Waals surface area contributed by atoms with Gasteiger partial charge >= 0.3 is 5.97 Å². The molecule has 0 aliphatic heterocycles. The second-order valence-corrected chi connectivity index (χ2v) is 11.0. The average Bonchev–Trinajstić information content (AvgIpc) is 2.45. The molecule has 0 saturated heterocycles. The first-order valence-corrected chi connectivity index (χ1v) is 10.0. The van der Waals surface area contributed by atoms with E-state index in [0.29, 0.717) is 5.56 Å². The van der Waals surface area contributed by atoms with E-state index in [-0.39, 0.29) is 4.60 Å². The number of carboxylic acids is 1. The molecule has 0 radical (unpaired) electrons. The minimum Gasteiger partial charge on any atom is -0.598 e. The minimum atomic E-state index is -3.38. The zero-order valence-electron chi connectivity index (χ0n) is 16.0. The second kappa shape index (κ2) is 8.26. The van der Waals surface area contributed by atoms with Crippen LogP contribution in [0.25, 0.3) is 0 Å². The molecule has 0 amide bonds. The number of rotatable bonds is 6. The molecule has 1 aromatic heterocycles. The smallest absolute Gasteiger partial charge is 0.306 e. The molecule has 2 atom stereocenters. The Balaban J connectivity index is 3.69. The summed E-state index contributed by atoms with van der Waals surface area (Å²) < 4.78 is 56.9. The summed E-state index contributed by atoms with van der Waals surface area (Å²) >= 11 is 1.06. The van der Waals surface area contributed by atoms with E-state index in [1.807, 2.05) is 0 Å². The molecule has 0 aliphatic rings. The summed E-state index contributed by atoms with van der Waals surface area (Å²) in [5.74, 6) is -2.70. The van der Waals surface area contributed by atoms with Crippen LogP contribution in [0.1, 0.15) is 59.2 Å². The molecule has 154 valence electrons. The van der Waals surface area contributed by atoms with Crippen molar-refractivity contribution in [3.63, 3.8) is 0 Å². The van der Waals surface area contributed by atoms with Crippen LogP contribution in [-0.2, 0) is 27.1 Å². The Morgan fingerprint density at radius 3 is 2.22 bits per heavy atom. The SMILES string of the molecule is CC(C)(C)c1cc(F)c(C(CC(=O)O)(N[S+]([O-])C(C)(C)C)C(F)F)nc1Br. The number of pyridine rings is 1. The van der Waals surface area contributed by atoms with Crippen LogP contribution >= 0.6 is 15.9 Å². The zero-order chi connectivity index (χ0) is 21.4. The fraction of sp³-hybridized carbons (Fsp3) is 0.647. The van der Waals surface area contributed by atoms with Gasteiger partial charge in [0.2, 0.25) is 0 Å². The molecule has 0 aliphatic carbocycles. The highest BCUT2D eigenvalue weighted by molar-refractivity contribution is 9.10. The highest BCUT2D eigenvalue weighted by atomic mass is 79.9. The Kier molecular flexibility index (Phi) is 7.40. The lowest BCUT2D eigenvalue weighted by Gasteiger charge is -2.36. The molecular formula is C17H24BrF3N2O3S. The van der Waals surface area contributed by atoms with Gasteiger partial charge in [0.1, 0.15) is 20.9 Å². The summed E-state index contributed by atoms with van der Waals surface area (Å²) in [5.41, 5.74) is -3.66. The first kappa shape index (κ1) is 24.2. The Morgan fingerprint density at radius 1 is 1.33 bits per heavy atom. The lowest BCUT2D eigenvalue weighted by Crippen LogP contribution is -2.57. The van der Waals surface area contributed by atoms with E-state index in [2.05, 4.69) is 25.6 Å². The summed E-state index contributed by atoms with van der Waals surface area (Å²) in [6.45, 7) is 9.94. The fourth-order valence-electron chi connectivity index (χ4n) is 2.26. The van der Waals surface area contributed by atoms with Crippen molar-refractivity contribution in [1.82, 2.24) is 9.71 Å². The van der Waals surface area contributed by atoms with Gasteiger partial charge in [0.15, 0.2) is 5.54 Å². The van der Waals surface area contributed by atoms with Gasteiger partial charge in [-0.15, -0.1) is 4.72 Å². The van der Waals surface area contributed by atoms with Gasteiger partial charge in [-0.05, 0) is 53.7 Å². The van der Waals surface area contributed by atoms with Gasteiger partial charge in [0, 0.05) is 11.4 Å². The van der Waals surface area contributed by atoms with Crippen molar-refractivity contribution >= 4 is 33.3 Å². The number of hydrogen-bond donors (Lipinski definition) is 2. The molecule has 27 heavy (non-hydrogen) atoms. The monoisotopic (exact) mass is 472 g/mol. The third-order valence-electron chi connectivity index (χ3n) is 3.79. The number of alkyl halides is 2. The Labute approximate surface area is 168 Å². The summed E-state index contributed by atoms with van der Waals surface area (Å²) in [5, 5.41) is 9.18. The first-order chi connectivity index (χ1) is 12.0. The van der Waals surface area contributed by atoms with Crippen molar-refractivity contribution in [2.45, 2.75) is 70.1 Å². The van der Waals surface area contributed by atoms with Gasteiger partial charge in [-0.25, -0.2) is 18.2 Å². The van der Waals surface area contributed by atoms with Crippen molar-refractivity contribution in [3.8, 4) is 0 Å². The quantitative estimate of drug-likeness (QED) is 0.476. The molecule has 1 rings (SSSR count). The third-order valence-corrected chi connectivity index (χ3v) is 6.06. The normalized spacial score (nSPS) is 16.3. The van der Waals surface area contributed by atoms with Crippen LogP contribution in [0.3, 0.4) is 0 Å². The topological polar surface area (TPSA) is 85.3 Å². The van der Waals surface area contributed by atoms with E-state index in [1.165, 1.54) is 20.8 Å². The van der Waals surface area contributed by atoms with E-state index in [9.17, 15) is 27.6 Å². The van der Waals surface area contributed by atoms with Crippen molar-refractivity contribution in [2.24, 2.45) is 0 Å². The number of halogens is 4. The first-order valence-electron chi connectivity index (χ1n) is 8.09. The Morgan fingerprint density at radius 2 is 1.85 bits per heavy atom. The average molecular weight is 473 g/mol. The van der Waals surface area contributed by atoms with Gasteiger partial charge in [-0.3, -0.25) is 4.79 Å². The summed E-state index contributed by atoms with van der Waals surface area (Å²) in [7, 11) is 0. The second-order valence-electron chi connectivity index (χ2n) is 8.23. The zero-order valence-corrected chi connectivity index (χ0v) is 18.4. The van der Waals surface area contributed by atoms with E-state index in [1.54, 1.807) is 20.8 Å². The van der Waals surface area contributed by atoms with Crippen LogP contribution in [0.5, 0.6) is 0 Å². The number of carbonyl (C=O) groups is 1. The van der Waals surface area contributed by atoms with Crippen LogP contribution in [0.15, 0.2) is 10.7 Å². The van der Waals surface area contributed by atoms with Crippen LogP contribution in [0, 0.1) is 5.82 Å². The minimum absolute atomic E-state index is 0.116. The number of nitrogens with one attached hydrogen (secondary N) is 1. The number of aliphatic carboxylic acids is 1. The van der Waals surface area contributed by atoms with Crippen LogP contribution in [0.4, 0.5) is 13.2 Å². The molecule has 2 unspecified atom stereocenters. The standard InChI is InChI=1S/C17H24BrF3N2O3S/c1-15(2,3)9-7-10(19)12(22-13(9)18)17(14(20)21,8-11(24)25)23-27(26)16(4,5)6/h7,14,23H,8H2,1-6H3,(H,24,25). The number of carboxylic acid groups (broad SMARTS) is 1. The lowest BCUT2D eigenvalue weighted by atomic mass is 9.86. The van der Waals surface area contributed by atoms with Crippen molar-refractivity contribution < 1.29 is 27.6 Å². The van der Waals surface area contributed by atoms with E-state index >= 15 is 0 Å². The predicted molar refractivity (Wildman–Crippen MR) is 102 cm³/mol. The van der Waals surface area contributed by atoms with Crippen molar-refractivity contribution in [2.75, 3.05) is 0 Å². The lowest BCUT2D eigenvalue weighted by molar-refractivity contribution is -0.141. The molecule has 5 nitrogen and oxygen atoms in total. The predicted octanol–water partition coefficient (Wildman–Crippen LogP) is 4.27. The van der Waals surface area contributed by atoms with Crippen LogP contribution in [0.2, 0.25) is 0 Å². The highest BCUT2D eigenvalue weighted by Gasteiger charge is 2.52. The molecule has 0 aromatic carbocycles. The molecule has 10 heteroatoms. The molecule has 2 N–H and O–H groups in total. The summed E-state index contributed by atoms with van der Waals surface area (Å²) in [4.78, 5) is 15.2. The van der Waals surface area contributed by atoms with Crippen LogP contribution in [-0.4, -0.2) is 31.8 Å². The van der Waals surface area contributed by atoms with Gasteiger partial charge in [0.25, 0.3) is 6.43 Å². The van der Waals surface area contributed by atoms with Gasteiger partial charge < -0.3 is 9.66 Å². The third kappa shape index (κ3) is 5.58. The molecular weight excluding hydrogens is 449 g/mol. The maximum Gasteiger partial charge on any atom is 0.306 e. The molecule has 1 heterocycles. The maximum absolute atomic E-state index is 14.9. The summed E-state index contributed by atoms with van der Waals surface area (Å²) in [6, 6.07) is 1.05. The van der Waals surface area contributed by atoms with E-state index < -0.39 is 57.4 Å². The van der Waals surface area contributed by atoms with Crippen molar-refractivity contribution in [3.05, 3.63) is 27.7 Å². The molecule has 0 bridgehead atoms. The van der Waals surface area contributed by atoms with Gasteiger partial charge in [0.05, 0.1) is 6.42 Å². The molecule has 0 saturated carbocycles. The molecule has 0 spiro atoms. The van der Waals surface area contributed by atoms with Crippen LogP contribution < -0.4 is 4.72 Å². The van der Waals surface area contributed by atoms with Crippen molar-refractivity contribution in [1.29, 1.82) is 0 Å². The highest BCUT2D eigenvalue weighted by Crippen LogP contribution is 2.38. The number of aromatic nitrogens is 1. The van der Waals surface area contributed by atoms with E-state index in [4.69, 9.17) is 0 Å². The van der Waals surface area contributed by atoms with E-state index in [0.717, 1.165) is 6.07 Å². The van der Waals surface area contributed by atoms with Gasteiger partial charge in [-0.1, -0.05) is 20.8 Å². The van der Waals surface area contributed by atoms with Gasteiger partial charge in [-0.2, -0.15) is 0 Å². The molecule has 1 aromatic rings. The number of hydrogen-bond acceptors (Lipinski definition) is 4. The Hall–Kier alpha value is -0.840. The Bertz CT molecular complexity index is 708. The largest absolute Gasteiger partial charge is 0.598 e. The maximum atomic E-state index is 14.9. The fourth-order valence-corrected chi connectivity index (χ4v) is 4.04.